The van der Waals surface area contributed by atoms with E-state index in [1.54, 1.807) is 13.0 Å². The number of hydrogen-bond donors (Lipinski definition) is 2. The quantitative estimate of drug-likeness (QED) is 0.563. The van der Waals surface area contributed by atoms with Crippen LogP contribution in [-0.4, -0.2) is 32.0 Å². The minimum atomic E-state index is -0.879. The molecule has 3 N–H and O–H groups in total. The molecule has 0 radical (unpaired) electrons. The first kappa shape index (κ1) is 18.2. The van der Waals surface area contributed by atoms with Crippen LogP contribution in [0.3, 0.4) is 0 Å². The van der Waals surface area contributed by atoms with Crippen molar-refractivity contribution in [3.05, 3.63) is 41.4 Å². The molecule has 2 rings (SSSR count). The third kappa shape index (κ3) is 4.45. The second-order valence-corrected chi connectivity index (χ2v) is 7.05. The van der Waals surface area contributed by atoms with Gasteiger partial charge in [0.25, 0.3) is 0 Å². The number of amides is 3. The summed E-state index contributed by atoms with van der Waals surface area (Å²) >= 11 is 4.59. The van der Waals surface area contributed by atoms with Crippen molar-refractivity contribution in [3.8, 4) is 11.4 Å². The van der Waals surface area contributed by atoms with Crippen LogP contribution in [0.2, 0.25) is 0 Å². The zero-order chi connectivity index (χ0) is 17.7. The molecule has 0 spiro atoms. The molecule has 1 aromatic heterocycles. The number of nitrogens with two attached hydrogens (primary N) is 1. The van der Waals surface area contributed by atoms with Gasteiger partial charge in [-0.3, -0.25) is 14.7 Å². The highest BCUT2D eigenvalue weighted by Gasteiger charge is 2.21. The highest BCUT2D eigenvalue weighted by molar-refractivity contribution is 9.10. The van der Waals surface area contributed by atoms with Gasteiger partial charge < -0.3 is 5.73 Å². The van der Waals surface area contributed by atoms with Gasteiger partial charge in [-0.15, -0.1) is 16.8 Å². The van der Waals surface area contributed by atoms with Gasteiger partial charge in [0.2, 0.25) is 5.91 Å². The van der Waals surface area contributed by atoms with Crippen molar-refractivity contribution < 1.29 is 9.59 Å². The molecule has 1 atom stereocenters. The highest BCUT2D eigenvalue weighted by Crippen LogP contribution is 2.27. The lowest BCUT2D eigenvalue weighted by Gasteiger charge is -2.11. The smallest absolute Gasteiger partial charge is 0.318 e. The molecule has 0 saturated carbocycles. The van der Waals surface area contributed by atoms with Crippen molar-refractivity contribution in [2.45, 2.75) is 23.9 Å². The number of urea groups is 1. The van der Waals surface area contributed by atoms with Crippen LogP contribution in [0.5, 0.6) is 0 Å². The fraction of sp³-hybridized carbons (Fsp3) is 0.200. The summed E-state index contributed by atoms with van der Waals surface area (Å²) in [5.74, 6) is 0.193. The van der Waals surface area contributed by atoms with Crippen molar-refractivity contribution in [2.75, 3.05) is 0 Å². The van der Waals surface area contributed by atoms with Gasteiger partial charge in [-0.25, -0.2) is 4.79 Å². The number of hydrogen-bond acceptors (Lipinski definition) is 5. The zero-order valence-electron chi connectivity index (χ0n) is 12.9. The molecule has 2 aromatic rings. The number of thioether (sulfide) groups is 1. The maximum Gasteiger partial charge on any atom is 0.318 e. The molecule has 1 unspecified atom stereocenters. The molecule has 0 aliphatic carbocycles. The number of carbonyl (C=O) groups is 2. The molecular formula is C15H16BrN5O2S. The summed E-state index contributed by atoms with van der Waals surface area (Å²) in [6.07, 6.45) is 1.73. The SMILES string of the molecule is C=CCn1c(SC(C)C(=O)NC(N)=O)nnc1-c1ccc(Br)cc1. The van der Waals surface area contributed by atoms with E-state index in [4.69, 9.17) is 5.73 Å². The van der Waals surface area contributed by atoms with E-state index in [1.165, 1.54) is 11.8 Å². The summed E-state index contributed by atoms with van der Waals surface area (Å²) in [6.45, 7) is 5.90. The van der Waals surface area contributed by atoms with Gasteiger partial charge in [0, 0.05) is 16.6 Å². The van der Waals surface area contributed by atoms with E-state index in [1.807, 2.05) is 28.8 Å². The van der Waals surface area contributed by atoms with E-state index in [9.17, 15) is 9.59 Å². The monoisotopic (exact) mass is 409 g/mol. The van der Waals surface area contributed by atoms with Crippen molar-refractivity contribution in [1.82, 2.24) is 20.1 Å². The third-order valence-corrected chi connectivity index (χ3v) is 4.64. The van der Waals surface area contributed by atoms with Gasteiger partial charge in [0.1, 0.15) is 0 Å². The minimum absolute atomic E-state index is 0.481. The Hall–Kier alpha value is -2.13. The Morgan fingerprint density at radius 2 is 2.08 bits per heavy atom. The molecule has 24 heavy (non-hydrogen) atoms. The second kappa shape index (κ2) is 8.11. The molecule has 0 aliphatic heterocycles. The van der Waals surface area contributed by atoms with Gasteiger partial charge in [-0.2, -0.15) is 0 Å². The minimum Gasteiger partial charge on any atom is -0.351 e. The lowest BCUT2D eigenvalue weighted by Crippen LogP contribution is -2.39. The number of carbonyl (C=O) groups excluding carboxylic acids is 2. The predicted octanol–water partition coefficient (Wildman–Crippen LogP) is 2.57. The van der Waals surface area contributed by atoms with E-state index < -0.39 is 17.2 Å². The molecule has 126 valence electrons. The van der Waals surface area contributed by atoms with Crippen LogP contribution in [0.15, 0.2) is 46.5 Å². The van der Waals surface area contributed by atoms with Crippen LogP contribution in [0.4, 0.5) is 4.79 Å². The molecular weight excluding hydrogens is 394 g/mol. The Morgan fingerprint density at radius 3 is 2.67 bits per heavy atom. The Kier molecular flexibility index (Phi) is 6.16. The molecule has 3 amide bonds. The van der Waals surface area contributed by atoms with Gasteiger partial charge in [0.05, 0.1) is 5.25 Å². The van der Waals surface area contributed by atoms with Gasteiger partial charge in [0.15, 0.2) is 11.0 Å². The summed E-state index contributed by atoms with van der Waals surface area (Å²) in [4.78, 5) is 22.6. The number of halogens is 1. The van der Waals surface area contributed by atoms with Gasteiger partial charge in [-0.05, 0) is 19.1 Å². The standard InChI is InChI=1S/C15H16BrN5O2S/c1-3-8-21-12(10-4-6-11(16)7-5-10)19-20-15(21)24-9(2)13(22)18-14(17)23/h3-7,9H,1,8H2,2H3,(H3,17,18,22,23). The average Bonchev–Trinajstić information content (AvgIpc) is 2.90. The first-order chi connectivity index (χ1) is 11.4. The summed E-state index contributed by atoms with van der Waals surface area (Å²) in [6, 6.07) is 6.79. The highest BCUT2D eigenvalue weighted by atomic mass is 79.9. The van der Waals surface area contributed by atoms with Gasteiger partial charge >= 0.3 is 6.03 Å². The molecule has 7 nitrogen and oxygen atoms in total. The summed E-state index contributed by atoms with van der Waals surface area (Å²) in [5.41, 5.74) is 5.86. The van der Waals surface area contributed by atoms with E-state index in [-0.39, 0.29) is 0 Å². The maximum absolute atomic E-state index is 11.8. The normalized spacial score (nSPS) is 11.8. The van der Waals surface area contributed by atoms with Crippen LogP contribution < -0.4 is 11.1 Å². The topological polar surface area (TPSA) is 103 Å². The lowest BCUT2D eigenvalue weighted by atomic mass is 10.2. The number of rotatable bonds is 6. The number of aromatic nitrogens is 3. The Morgan fingerprint density at radius 1 is 1.42 bits per heavy atom. The largest absolute Gasteiger partial charge is 0.351 e. The van der Waals surface area contributed by atoms with E-state index in [0.29, 0.717) is 17.5 Å². The van der Waals surface area contributed by atoms with E-state index >= 15 is 0 Å². The Balaban J connectivity index is 2.27. The number of primary amides is 1. The lowest BCUT2D eigenvalue weighted by molar-refractivity contribution is -0.119. The molecule has 9 heteroatoms. The van der Waals surface area contributed by atoms with Crippen LogP contribution in [0.1, 0.15) is 6.92 Å². The fourth-order valence-corrected chi connectivity index (χ4v) is 3.04. The summed E-state index contributed by atoms with van der Waals surface area (Å²) in [7, 11) is 0. The van der Waals surface area contributed by atoms with Crippen molar-refractivity contribution in [1.29, 1.82) is 0 Å². The maximum atomic E-state index is 11.8. The Labute approximate surface area is 151 Å². The van der Waals surface area contributed by atoms with E-state index in [0.717, 1.165) is 10.0 Å². The van der Waals surface area contributed by atoms with Crippen LogP contribution >= 0.6 is 27.7 Å². The molecule has 0 saturated heterocycles. The Bertz CT molecular complexity index is 760. The van der Waals surface area contributed by atoms with Crippen molar-refractivity contribution >= 4 is 39.6 Å². The predicted molar refractivity (Wildman–Crippen MR) is 96.4 cm³/mol. The first-order valence-corrected chi connectivity index (χ1v) is 8.66. The van der Waals surface area contributed by atoms with Gasteiger partial charge in [-0.1, -0.05) is 45.9 Å². The number of nitrogens with zero attached hydrogens (tertiary/aromatic N) is 3. The summed E-state index contributed by atoms with van der Waals surface area (Å²) < 4.78 is 2.82. The summed E-state index contributed by atoms with van der Waals surface area (Å²) in [5, 5.41) is 10.4. The van der Waals surface area contributed by atoms with Crippen LogP contribution in [0.25, 0.3) is 11.4 Å². The van der Waals surface area contributed by atoms with Crippen molar-refractivity contribution in [2.24, 2.45) is 5.73 Å². The number of benzene rings is 1. The molecule has 0 bridgehead atoms. The van der Waals surface area contributed by atoms with Crippen molar-refractivity contribution in [3.63, 3.8) is 0 Å². The fourth-order valence-electron chi connectivity index (χ4n) is 1.92. The third-order valence-electron chi connectivity index (χ3n) is 3.03. The zero-order valence-corrected chi connectivity index (χ0v) is 15.3. The molecule has 1 heterocycles. The van der Waals surface area contributed by atoms with Crippen LogP contribution in [0, 0.1) is 0 Å². The van der Waals surface area contributed by atoms with Crippen LogP contribution in [-0.2, 0) is 11.3 Å². The second-order valence-electron chi connectivity index (χ2n) is 4.83. The first-order valence-electron chi connectivity index (χ1n) is 6.99. The number of allylic oxidation sites excluding steroid dienone is 1. The molecule has 1 aromatic carbocycles. The van der Waals surface area contributed by atoms with E-state index in [2.05, 4.69) is 38.0 Å². The number of nitrogens with one attached hydrogen (secondary N) is 1. The average molecular weight is 410 g/mol. The molecule has 0 aliphatic rings. The molecule has 0 fully saturated rings. The number of imide groups is 1.